The summed E-state index contributed by atoms with van der Waals surface area (Å²) in [6.45, 7) is 10.7. The Labute approximate surface area is 82.1 Å². The van der Waals surface area contributed by atoms with Gasteiger partial charge in [-0.05, 0) is 33.1 Å². The van der Waals surface area contributed by atoms with Crippen LogP contribution in [0.15, 0.2) is 0 Å². The lowest BCUT2D eigenvalue weighted by molar-refractivity contribution is 0.223. The number of piperazine rings is 1. The van der Waals surface area contributed by atoms with Crippen molar-refractivity contribution in [2.24, 2.45) is 0 Å². The Morgan fingerprint density at radius 3 is 2.62 bits per heavy atom. The van der Waals surface area contributed by atoms with E-state index in [-0.39, 0.29) is 0 Å². The van der Waals surface area contributed by atoms with E-state index in [0.29, 0.717) is 0 Å². The predicted molar refractivity (Wildman–Crippen MR) is 57.1 cm³/mol. The van der Waals surface area contributed by atoms with Crippen LogP contribution in [0.2, 0.25) is 0 Å². The van der Waals surface area contributed by atoms with Gasteiger partial charge in [-0.3, -0.25) is 0 Å². The Bertz CT molecular complexity index is 121. The first-order chi connectivity index (χ1) is 6.33. The van der Waals surface area contributed by atoms with E-state index < -0.39 is 0 Å². The van der Waals surface area contributed by atoms with E-state index in [0.717, 1.165) is 0 Å². The molecule has 0 bridgehead atoms. The van der Waals surface area contributed by atoms with Crippen molar-refractivity contribution in [2.75, 3.05) is 52.9 Å². The van der Waals surface area contributed by atoms with Crippen molar-refractivity contribution in [3.63, 3.8) is 0 Å². The van der Waals surface area contributed by atoms with Crippen LogP contribution in [-0.4, -0.2) is 62.7 Å². The van der Waals surface area contributed by atoms with Gasteiger partial charge in [-0.1, -0.05) is 6.92 Å². The summed E-state index contributed by atoms with van der Waals surface area (Å²) >= 11 is 0. The SMILES string of the molecule is CCN(C)CCCN1CCNCC1. The number of hydrogen-bond acceptors (Lipinski definition) is 3. The molecule has 13 heavy (non-hydrogen) atoms. The summed E-state index contributed by atoms with van der Waals surface area (Å²) in [6.07, 6.45) is 1.31. The van der Waals surface area contributed by atoms with Gasteiger partial charge in [0.05, 0.1) is 0 Å². The zero-order chi connectivity index (χ0) is 9.52. The topological polar surface area (TPSA) is 18.5 Å². The summed E-state index contributed by atoms with van der Waals surface area (Å²) in [5.41, 5.74) is 0. The van der Waals surface area contributed by atoms with Gasteiger partial charge in [0.1, 0.15) is 0 Å². The highest BCUT2D eigenvalue weighted by atomic mass is 15.2. The molecule has 0 radical (unpaired) electrons. The maximum atomic E-state index is 3.37. The van der Waals surface area contributed by atoms with E-state index in [1.807, 2.05) is 0 Å². The van der Waals surface area contributed by atoms with Crippen molar-refractivity contribution < 1.29 is 0 Å². The summed E-state index contributed by atoms with van der Waals surface area (Å²) in [7, 11) is 2.19. The molecule has 0 saturated carbocycles. The molecule has 3 heteroatoms. The van der Waals surface area contributed by atoms with Crippen LogP contribution in [0, 0.1) is 0 Å². The molecule has 78 valence electrons. The Balaban J connectivity index is 1.98. The number of rotatable bonds is 5. The molecule has 3 nitrogen and oxygen atoms in total. The van der Waals surface area contributed by atoms with Gasteiger partial charge >= 0.3 is 0 Å². The van der Waals surface area contributed by atoms with Crippen molar-refractivity contribution in [3.8, 4) is 0 Å². The van der Waals surface area contributed by atoms with Crippen molar-refractivity contribution >= 4 is 0 Å². The van der Waals surface area contributed by atoms with E-state index in [4.69, 9.17) is 0 Å². The third kappa shape index (κ3) is 4.60. The second-order valence-corrected chi connectivity index (χ2v) is 3.84. The van der Waals surface area contributed by atoms with Crippen LogP contribution in [0.5, 0.6) is 0 Å². The van der Waals surface area contributed by atoms with Crippen molar-refractivity contribution in [1.29, 1.82) is 0 Å². The highest BCUT2D eigenvalue weighted by Crippen LogP contribution is 1.95. The lowest BCUT2D eigenvalue weighted by Crippen LogP contribution is -2.44. The minimum atomic E-state index is 1.17. The minimum absolute atomic E-state index is 1.17. The molecule has 0 aromatic rings. The maximum absolute atomic E-state index is 3.37. The molecule has 1 aliphatic rings. The van der Waals surface area contributed by atoms with Crippen LogP contribution in [0.1, 0.15) is 13.3 Å². The fraction of sp³-hybridized carbons (Fsp3) is 1.00. The zero-order valence-corrected chi connectivity index (χ0v) is 9.05. The molecule has 1 saturated heterocycles. The second kappa shape index (κ2) is 6.35. The van der Waals surface area contributed by atoms with E-state index in [9.17, 15) is 0 Å². The average molecular weight is 185 g/mol. The molecule has 0 aliphatic carbocycles. The summed E-state index contributed by atoms with van der Waals surface area (Å²) in [4.78, 5) is 4.93. The van der Waals surface area contributed by atoms with Crippen LogP contribution in [-0.2, 0) is 0 Å². The quantitative estimate of drug-likeness (QED) is 0.661. The third-order valence-electron chi connectivity index (χ3n) is 2.76. The van der Waals surface area contributed by atoms with E-state index in [1.165, 1.54) is 52.2 Å². The highest BCUT2D eigenvalue weighted by molar-refractivity contribution is 4.67. The number of nitrogens with zero attached hydrogens (tertiary/aromatic N) is 2. The standard InChI is InChI=1S/C10H23N3/c1-3-12(2)7-4-8-13-9-5-11-6-10-13/h11H,3-10H2,1-2H3. The van der Waals surface area contributed by atoms with Gasteiger partial charge in [0, 0.05) is 26.2 Å². The molecule has 0 amide bonds. The fourth-order valence-electron chi connectivity index (χ4n) is 1.66. The second-order valence-electron chi connectivity index (χ2n) is 3.84. The molecule has 0 aromatic heterocycles. The Morgan fingerprint density at radius 1 is 1.31 bits per heavy atom. The molecule has 1 N–H and O–H groups in total. The monoisotopic (exact) mass is 185 g/mol. The molecular formula is C10H23N3. The van der Waals surface area contributed by atoms with Gasteiger partial charge in [0.2, 0.25) is 0 Å². The third-order valence-corrected chi connectivity index (χ3v) is 2.76. The molecular weight excluding hydrogens is 162 g/mol. The molecule has 0 spiro atoms. The Hall–Kier alpha value is -0.120. The highest BCUT2D eigenvalue weighted by Gasteiger charge is 2.08. The average Bonchev–Trinajstić information content (AvgIpc) is 2.19. The smallest absolute Gasteiger partial charge is 0.0107 e. The number of hydrogen-bond donors (Lipinski definition) is 1. The first-order valence-electron chi connectivity index (χ1n) is 5.44. The predicted octanol–water partition coefficient (Wildman–Crippen LogP) is 0.233. The van der Waals surface area contributed by atoms with E-state index >= 15 is 0 Å². The van der Waals surface area contributed by atoms with Gasteiger partial charge in [0.15, 0.2) is 0 Å². The lowest BCUT2D eigenvalue weighted by Gasteiger charge is -2.27. The molecule has 1 rings (SSSR count). The molecule has 1 aliphatic heterocycles. The largest absolute Gasteiger partial charge is 0.314 e. The summed E-state index contributed by atoms with van der Waals surface area (Å²) < 4.78 is 0. The van der Waals surface area contributed by atoms with E-state index in [1.54, 1.807) is 0 Å². The molecule has 1 fully saturated rings. The van der Waals surface area contributed by atoms with E-state index in [2.05, 4.69) is 29.1 Å². The number of nitrogens with one attached hydrogen (secondary N) is 1. The summed E-state index contributed by atoms with van der Waals surface area (Å²) in [5.74, 6) is 0. The van der Waals surface area contributed by atoms with Crippen LogP contribution in [0.4, 0.5) is 0 Å². The van der Waals surface area contributed by atoms with Gasteiger partial charge in [-0.15, -0.1) is 0 Å². The van der Waals surface area contributed by atoms with Gasteiger partial charge < -0.3 is 15.1 Å². The van der Waals surface area contributed by atoms with Crippen molar-refractivity contribution in [2.45, 2.75) is 13.3 Å². The van der Waals surface area contributed by atoms with Gasteiger partial charge in [-0.2, -0.15) is 0 Å². The van der Waals surface area contributed by atoms with Gasteiger partial charge in [-0.25, -0.2) is 0 Å². The molecule has 1 heterocycles. The van der Waals surface area contributed by atoms with Gasteiger partial charge in [0.25, 0.3) is 0 Å². The molecule has 0 unspecified atom stereocenters. The van der Waals surface area contributed by atoms with Crippen LogP contribution in [0.25, 0.3) is 0 Å². The van der Waals surface area contributed by atoms with Crippen molar-refractivity contribution in [1.82, 2.24) is 15.1 Å². The first-order valence-corrected chi connectivity index (χ1v) is 5.44. The van der Waals surface area contributed by atoms with Crippen molar-refractivity contribution in [3.05, 3.63) is 0 Å². The molecule has 0 aromatic carbocycles. The normalized spacial score (nSPS) is 19.6. The zero-order valence-electron chi connectivity index (χ0n) is 9.05. The fourth-order valence-corrected chi connectivity index (χ4v) is 1.66. The lowest BCUT2D eigenvalue weighted by atomic mass is 10.3. The maximum Gasteiger partial charge on any atom is 0.0107 e. The Morgan fingerprint density at radius 2 is 2.00 bits per heavy atom. The first kappa shape index (κ1) is 11.0. The van der Waals surface area contributed by atoms with Crippen LogP contribution in [0.3, 0.4) is 0 Å². The van der Waals surface area contributed by atoms with Crippen LogP contribution < -0.4 is 5.32 Å². The summed E-state index contributed by atoms with van der Waals surface area (Å²) in [5, 5.41) is 3.37. The summed E-state index contributed by atoms with van der Waals surface area (Å²) in [6, 6.07) is 0. The van der Waals surface area contributed by atoms with Crippen LogP contribution >= 0.6 is 0 Å². The molecule has 0 atom stereocenters. The Kier molecular flexibility index (Phi) is 5.35. The minimum Gasteiger partial charge on any atom is -0.314 e.